The van der Waals surface area contributed by atoms with Crippen molar-refractivity contribution in [1.29, 1.82) is 0 Å². The first-order valence-corrected chi connectivity index (χ1v) is 6.76. The van der Waals surface area contributed by atoms with E-state index in [0.717, 1.165) is 18.4 Å². The Labute approximate surface area is 109 Å². The molecule has 0 atom stereocenters. The number of aromatic nitrogens is 2. The molecule has 0 aromatic carbocycles. The summed E-state index contributed by atoms with van der Waals surface area (Å²) >= 11 is 0. The maximum absolute atomic E-state index is 4.96. The summed E-state index contributed by atoms with van der Waals surface area (Å²) in [6.45, 7) is 7.99. The van der Waals surface area contributed by atoms with Gasteiger partial charge in [-0.3, -0.25) is 4.90 Å². The molecule has 1 aromatic rings. The van der Waals surface area contributed by atoms with E-state index in [9.17, 15) is 0 Å². The van der Waals surface area contributed by atoms with Gasteiger partial charge in [0.05, 0.1) is 7.11 Å². The van der Waals surface area contributed by atoms with E-state index in [2.05, 4.69) is 28.7 Å². The summed E-state index contributed by atoms with van der Waals surface area (Å²) in [5.41, 5.74) is 1.17. The van der Waals surface area contributed by atoms with Crippen molar-refractivity contribution in [3.63, 3.8) is 0 Å². The van der Waals surface area contributed by atoms with E-state index in [1.807, 2.05) is 12.4 Å². The zero-order valence-corrected chi connectivity index (χ0v) is 11.6. The summed E-state index contributed by atoms with van der Waals surface area (Å²) in [5.74, 6) is 1.71. The van der Waals surface area contributed by atoms with Gasteiger partial charge in [0.25, 0.3) is 0 Å². The molecule has 1 aliphatic rings. The highest BCUT2D eigenvalue weighted by Crippen LogP contribution is 2.25. The van der Waals surface area contributed by atoms with E-state index >= 15 is 0 Å². The van der Waals surface area contributed by atoms with Crippen LogP contribution in [0.15, 0.2) is 12.4 Å². The number of likely N-dealkylation sites (tertiary alicyclic amines) is 1. The van der Waals surface area contributed by atoms with Crippen LogP contribution >= 0.6 is 0 Å². The highest BCUT2D eigenvalue weighted by Gasteiger charge is 2.21. The van der Waals surface area contributed by atoms with Crippen molar-refractivity contribution in [3.8, 4) is 6.01 Å². The summed E-state index contributed by atoms with van der Waals surface area (Å²) in [6.07, 6.45) is 6.35. The van der Waals surface area contributed by atoms with E-state index in [1.54, 1.807) is 7.11 Å². The fourth-order valence-corrected chi connectivity index (χ4v) is 2.57. The summed E-state index contributed by atoms with van der Waals surface area (Å²) in [7, 11) is 1.59. The van der Waals surface area contributed by atoms with Crippen molar-refractivity contribution in [2.24, 2.45) is 11.8 Å². The molecule has 2 heterocycles. The molecule has 4 heteroatoms. The summed E-state index contributed by atoms with van der Waals surface area (Å²) < 4.78 is 4.96. The summed E-state index contributed by atoms with van der Waals surface area (Å²) in [6, 6.07) is 0.442. The molecular weight excluding hydrogens is 226 g/mol. The second-order valence-electron chi connectivity index (χ2n) is 5.44. The molecule has 1 aliphatic heterocycles. The first-order chi connectivity index (χ1) is 8.69. The molecule has 1 aromatic heterocycles. The van der Waals surface area contributed by atoms with E-state index in [0.29, 0.717) is 6.01 Å². The Kier molecular flexibility index (Phi) is 4.53. The summed E-state index contributed by atoms with van der Waals surface area (Å²) in [5, 5.41) is 0. The zero-order chi connectivity index (χ0) is 13.0. The van der Waals surface area contributed by atoms with Crippen LogP contribution in [0.25, 0.3) is 0 Å². The number of nitrogens with zero attached hydrogens (tertiary/aromatic N) is 3. The Bertz CT molecular complexity index is 356. The van der Waals surface area contributed by atoms with Crippen LogP contribution in [0.2, 0.25) is 0 Å². The first kappa shape index (κ1) is 13.3. The Morgan fingerprint density at radius 1 is 1.28 bits per heavy atom. The van der Waals surface area contributed by atoms with Crippen molar-refractivity contribution in [1.82, 2.24) is 14.9 Å². The van der Waals surface area contributed by atoms with Crippen LogP contribution in [-0.2, 0) is 6.54 Å². The quantitative estimate of drug-likeness (QED) is 0.821. The molecule has 0 unspecified atom stereocenters. The van der Waals surface area contributed by atoms with Crippen LogP contribution < -0.4 is 4.74 Å². The molecule has 0 bridgehead atoms. The molecule has 1 saturated heterocycles. The molecule has 0 saturated carbocycles. The van der Waals surface area contributed by atoms with Crippen LogP contribution in [0.5, 0.6) is 6.01 Å². The molecule has 0 N–H and O–H groups in total. The number of methoxy groups -OCH3 is 1. The molecular formula is C14H23N3O. The average Bonchev–Trinajstić information content (AvgIpc) is 2.40. The van der Waals surface area contributed by atoms with Crippen LogP contribution in [0, 0.1) is 11.8 Å². The molecule has 0 radical (unpaired) electrons. The normalized spacial score (nSPS) is 18.2. The maximum atomic E-state index is 4.96. The minimum Gasteiger partial charge on any atom is -0.467 e. The topological polar surface area (TPSA) is 38.2 Å². The average molecular weight is 249 g/mol. The highest BCUT2D eigenvalue weighted by molar-refractivity contribution is 5.07. The van der Waals surface area contributed by atoms with Gasteiger partial charge in [0.1, 0.15) is 0 Å². The van der Waals surface area contributed by atoms with Gasteiger partial charge < -0.3 is 4.74 Å². The highest BCUT2D eigenvalue weighted by atomic mass is 16.5. The third-order valence-electron chi connectivity index (χ3n) is 3.85. The van der Waals surface area contributed by atoms with Gasteiger partial charge in [0, 0.05) is 24.5 Å². The number of hydrogen-bond donors (Lipinski definition) is 0. The van der Waals surface area contributed by atoms with Gasteiger partial charge in [-0.1, -0.05) is 13.8 Å². The largest absolute Gasteiger partial charge is 0.467 e. The fourth-order valence-electron chi connectivity index (χ4n) is 2.57. The standard InChI is InChI=1S/C14H23N3O/c1-11(2)13-4-6-17(7-5-13)10-12-8-15-14(18-3)16-9-12/h8-9,11,13H,4-7,10H2,1-3H3. The lowest BCUT2D eigenvalue weighted by atomic mass is 9.87. The monoisotopic (exact) mass is 249 g/mol. The molecule has 4 nitrogen and oxygen atoms in total. The predicted octanol–water partition coefficient (Wildman–Crippen LogP) is 2.35. The molecule has 100 valence electrons. The van der Waals surface area contributed by atoms with Gasteiger partial charge in [-0.15, -0.1) is 0 Å². The van der Waals surface area contributed by atoms with Crippen LogP contribution in [0.1, 0.15) is 32.3 Å². The van der Waals surface area contributed by atoms with Crippen LogP contribution in [0.4, 0.5) is 0 Å². The second-order valence-corrected chi connectivity index (χ2v) is 5.44. The van der Waals surface area contributed by atoms with Crippen molar-refractivity contribution in [2.75, 3.05) is 20.2 Å². The number of hydrogen-bond acceptors (Lipinski definition) is 4. The SMILES string of the molecule is COc1ncc(CN2CCC(C(C)C)CC2)cn1. The van der Waals surface area contributed by atoms with Crippen molar-refractivity contribution in [2.45, 2.75) is 33.2 Å². The smallest absolute Gasteiger partial charge is 0.316 e. The van der Waals surface area contributed by atoms with Crippen molar-refractivity contribution < 1.29 is 4.74 Å². The number of rotatable bonds is 4. The number of piperidine rings is 1. The Hall–Kier alpha value is -1.16. The van der Waals surface area contributed by atoms with Crippen LogP contribution in [-0.4, -0.2) is 35.1 Å². The van der Waals surface area contributed by atoms with E-state index in [1.165, 1.54) is 31.5 Å². The minimum atomic E-state index is 0.442. The van der Waals surface area contributed by atoms with Gasteiger partial charge in [-0.05, 0) is 37.8 Å². The first-order valence-electron chi connectivity index (χ1n) is 6.76. The Balaban J connectivity index is 1.83. The zero-order valence-electron chi connectivity index (χ0n) is 11.6. The predicted molar refractivity (Wildman–Crippen MR) is 71.4 cm³/mol. The molecule has 1 fully saturated rings. The number of ether oxygens (including phenoxy) is 1. The Morgan fingerprint density at radius 2 is 1.89 bits per heavy atom. The minimum absolute atomic E-state index is 0.442. The van der Waals surface area contributed by atoms with Crippen LogP contribution in [0.3, 0.4) is 0 Å². The van der Waals surface area contributed by atoms with Gasteiger partial charge in [0.15, 0.2) is 0 Å². The van der Waals surface area contributed by atoms with Gasteiger partial charge in [-0.25, -0.2) is 9.97 Å². The summed E-state index contributed by atoms with van der Waals surface area (Å²) in [4.78, 5) is 10.8. The van der Waals surface area contributed by atoms with Crippen molar-refractivity contribution in [3.05, 3.63) is 18.0 Å². The van der Waals surface area contributed by atoms with E-state index in [-0.39, 0.29) is 0 Å². The molecule has 2 rings (SSSR count). The third-order valence-corrected chi connectivity index (χ3v) is 3.85. The lowest BCUT2D eigenvalue weighted by Crippen LogP contribution is -2.34. The lowest BCUT2D eigenvalue weighted by molar-refractivity contribution is 0.151. The van der Waals surface area contributed by atoms with Gasteiger partial charge in [0.2, 0.25) is 0 Å². The van der Waals surface area contributed by atoms with Crippen molar-refractivity contribution >= 4 is 0 Å². The second kappa shape index (κ2) is 6.14. The van der Waals surface area contributed by atoms with Gasteiger partial charge in [-0.2, -0.15) is 0 Å². The molecule has 0 spiro atoms. The maximum Gasteiger partial charge on any atom is 0.316 e. The molecule has 0 amide bonds. The fraction of sp³-hybridized carbons (Fsp3) is 0.714. The van der Waals surface area contributed by atoms with Gasteiger partial charge >= 0.3 is 6.01 Å². The third kappa shape index (κ3) is 3.42. The van der Waals surface area contributed by atoms with E-state index in [4.69, 9.17) is 4.74 Å². The molecule has 0 aliphatic carbocycles. The Morgan fingerprint density at radius 3 is 2.39 bits per heavy atom. The molecule has 18 heavy (non-hydrogen) atoms. The van der Waals surface area contributed by atoms with E-state index < -0.39 is 0 Å². The lowest BCUT2D eigenvalue weighted by Gasteiger charge is -2.33.